The Labute approximate surface area is 121 Å². The molecule has 0 atom stereocenters. The van der Waals surface area contributed by atoms with E-state index in [2.05, 4.69) is 70.5 Å². The molecule has 0 saturated carbocycles. The van der Waals surface area contributed by atoms with Crippen LogP contribution in [-0.4, -0.2) is 31.1 Å². The fourth-order valence-corrected chi connectivity index (χ4v) is 2.87. The van der Waals surface area contributed by atoms with E-state index >= 15 is 0 Å². The SMILES string of the molecule is c1ccc(CN2CCCN(c3ccccc3)CC2)cc1. The van der Waals surface area contributed by atoms with Crippen LogP contribution < -0.4 is 4.90 Å². The highest BCUT2D eigenvalue weighted by atomic mass is 15.2. The lowest BCUT2D eigenvalue weighted by Gasteiger charge is -2.23. The number of para-hydroxylation sites is 1. The molecule has 20 heavy (non-hydrogen) atoms. The minimum Gasteiger partial charge on any atom is -0.370 e. The highest BCUT2D eigenvalue weighted by molar-refractivity contribution is 5.46. The first-order valence-electron chi connectivity index (χ1n) is 7.48. The van der Waals surface area contributed by atoms with Gasteiger partial charge in [0.2, 0.25) is 0 Å². The van der Waals surface area contributed by atoms with Crippen molar-refractivity contribution in [3.8, 4) is 0 Å². The lowest BCUT2D eigenvalue weighted by Crippen LogP contribution is -2.30. The van der Waals surface area contributed by atoms with Gasteiger partial charge in [-0.05, 0) is 24.1 Å². The summed E-state index contributed by atoms with van der Waals surface area (Å²) < 4.78 is 0. The molecule has 2 aromatic rings. The van der Waals surface area contributed by atoms with E-state index in [1.165, 1.54) is 24.2 Å². The van der Waals surface area contributed by atoms with Gasteiger partial charge in [-0.3, -0.25) is 4.90 Å². The maximum absolute atomic E-state index is 2.57. The molecule has 104 valence electrons. The second kappa shape index (κ2) is 6.58. The lowest BCUT2D eigenvalue weighted by atomic mass is 10.2. The van der Waals surface area contributed by atoms with Crippen LogP contribution in [0.25, 0.3) is 0 Å². The van der Waals surface area contributed by atoms with Gasteiger partial charge < -0.3 is 4.90 Å². The lowest BCUT2D eigenvalue weighted by molar-refractivity contribution is 0.285. The molecule has 0 aromatic heterocycles. The third-order valence-electron chi connectivity index (χ3n) is 3.96. The molecule has 1 fully saturated rings. The van der Waals surface area contributed by atoms with Crippen LogP contribution in [0.1, 0.15) is 12.0 Å². The van der Waals surface area contributed by atoms with E-state index in [0.29, 0.717) is 0 Å². The van der Waals surface area contributed by atoms with Crippen LogP contribution in [0.4, 0.5) is 5.69 Å². The topological polar surface area (TPSA) is 6.48 Å². The Morgan fingerprint density at radius 2 is 1.40 bits per heavy atom. The Bertz CT molecular complexity index is 509. The van der Waals surface area contributed by atoms with Crippen molar-refractivity contribution in [2.24, 2.45) is 0 Å². The van der Waals surface area contributed by atoms with E-state index in [4.69, 9.17) is 0 Å². The van der Waals surface area contributed by atoms with E-state index in [1.807, 2.05) is 0 Å². The Morgan fingerprint density at radius 3 is 2.15 bits per heavy atom. The second-order valence-electron chi connectivity index (χ2n) is 5.44. The van der Waals surface area contributed by atoms with Gasteiger partial charge in [0.05, 0.1) is 0 Å². The fraction of sp³-hybridized carbons (Fsp3) is 0.333. The molecule has 1 saturated heterocycles. The van der Waals surface area contributed by atoms with E-state index in [-0.39, 0.29) is 0 Å². The largest absolute Gasteiger partial charge is 0.370 e. The molecule has 0 aliphatic carbocycles. The Morgan fingerprint density at radius 1 is 0.700 bits per heavy atom. The van der Waals surface area contributed by atoms with Gasteiger partial charge in [-0.25, -0.2) is 0 Å². The molecular formula is C18H22N2. The van der Waals surface area contributed by atoms with Gasteiger partial charge in [-0.15, -0.1) is 0 Å². The number of hydrogen-bond acceptors (Lipinski definition) is 2. The van der Waals surface area contributed by atoms with Gasteiger partial charge in [0.15, 0.2) is 0 Å². The second-order valence-corrected chi connectivity index (χ2v) is 5.44. The Hall–Kier alpha value is -1.80. The van der Waals surface area contributed by atoms with Crippen molar-refractivity contribution in [2.75, 3.05) is 31.1 Å². The molecule has 1 aliphatic rings. The normalized spacial score (nSPS) is 16.9. The molecule has 3 rings (SSSR count). The van der Waals surface area contributed by atoms with Crippen LogP contribution >= 0.6 is 0 Å². The summed E-state index contributed by atoms with van der Waals surface area (Å²) in [7, 11) is 0. The summed E-state index contributed by atoms with van der Waals surface area (Å²) in [6, 6.07) is 21.6. The molecule has 0 unspecified atom stereocenters. The van der Waals surface area contributed by atoms with E-state index < -0.39 is 0 Å². The predicted octanol–water partition coefficient (Wildman–Crippen LogP) is 3.40. The summed E-state index contributed by atoms with van der Waals surface area (Å²) >= 11 is 0. The van der Waals surface area contributed by atoms with Gasteiger partial charge in [0, 0.05) is 38.4 Å². The number of anilines is 1. The maximum atomic E-state index is 2.57. The maximum Gasteiger partial charge on any atom is 0.0366 e. The first kappa shape index (κ1) is 13.2. The number of rotatable bonds is 3. The Kier molecular flexibility index (Phi) is 4.34. The highest BCUT2D eigenvalue weighted by Gasteiger charge is 2.14. The third-order valence-corrected chi connectivity index (χ3v) is 3.96. The van der Waals surface area contributed by atoms with E-state index in [9.17, 15) is 0 Å². The van der Waals surface area contributed by atoms with E-state index in [0.717, 1.165) is 26.2 Å². The monoisotopic (exact) mass is 266 g/mol. The standard InChI is InChI=1S/C18H22N2/c1-3-8-17(9-4-1)16-19-12-7-13-20(15-14-19)18-10-5-2-6-11-18/h1-6,8-11H,7,12-16H2. The average molecular weight is 266 g/mol. The third kappa shape index (κ3) is 3.40. The van der Waals surface area contributed by atoms with Gasteiger partial charge in [0.25, 0.3) is 0 Å². The summed E-state index contributed by atoms with van der Waals surface area (Å²) in [6.07, 6.45) is 1.24. The first-order chi connectivity index (χ1) is 9.92. The summed E-state index contributed by atoms with van der Waals surface area (Å²) in [6.45, 7) is 5.69. The molecule has 0 N–H and O–H groups in total. The molecule has 0 radical (unpaired) electrons. The summed E-state index contributed by atoms with van der Waals surface area (Å²) in [5.74, 6) is 0. The number of hydrogen-bond donors (Lipinski definition) is 0. The van der Waals surface area contributed by atoms with Crippen LogP contribution in [-0.2, 0) is 6.54 Å². The van der Waals surface area contributed by atoms with Crippen LogP contribution in [0.2, 0.25) is 0 Å². The minimum atomic E-state index is 1.07. The highest BCUT2D eigenvalue weighted by Crippen LogP contribution is 2.16. The Balaban J connectivity index is 1.60. The van der Waals surface area contributed by atoms with Crippen LogP contribution in [0.15, 0.2) is 60.7 Å². The van der Waals surface area contributed by atoms with Gasteiger partial charge in [-0.2, -0.15) is 0 Å². The van der Waals surface area contributed by atoms with Crippen LogP contribution in [0.5, 0.6) is 0 Å². The summed E-state index contributed by atoms with van der Waals surface area (Å²) in [4.78, 5) is 5.07. The van der Waals surface area contributed by atoms with Crippen molar-refractivity contribution < 1.29 is 0 Å². The van der Waals surface area contributed by atoms with Gasteiger partial charge in [-0.1, -0.05) is 48.5 Å². The molecule has 2 aromatic carbocycles. The van der Waals surface area contributed by atoms with Crippen molar-refractivity contribution in [3.05, 3.63) is 66.2 Å². The zero-order valence-electron chi connectivity index (χ0n) is 11.9. The van der Waals surface area contributed by atoms with Crippen molar-refractivity contribution in [1.82, 2.24) is 4.90 Å². The fourth-order valence-electron chi connectivity index (χ4n) is 2.87. The number of nitrogens with zero attached hydrogens (tertiary/aromatic N) is 2. The molecule has 2 heteroatoms. The molecular weight excluding hydrogens is 244 g/mol. The minimum absolute atomic E-state index is 1.07. The van der Waals surface area contributed by atoms with Crippen molar-refractivity contribution in [1.29, 1.82) is 0 Å². The average Bonchev–Trinajstić information content (AvgIpc) is 2.75. The zero-order chi connectivity index (χ0) is 13.6. The smallest absolute Gasteiger partial charge is 0.0366 e. The van der Waals surface area contributed by atoms with Crippen LogP contribution in [0, 0.1) is 0 Å². The summed E-state index contributed by atoms with van der Waals surface area (Å²) in [5, 5.41) is 0. The van der Waals surface area contributed by atoms with Crippen molar-refractivity contribution in [2.45, 2.75) is 13.0 Å². The molecule has 1 heterocycles. The van der Waals surface area contributed by atoms with Gasteiger partial charge >= 0.3 is 0 Å². The molecule has 0 amide bonds. The van der Waals surface area contributed by atoms with E-state index in [1.54, 1.807) is 0 Å². The quantitative estimate of drug-likeness (QED) is 0.840. The molecule has 1 aliphatic heterocycles. The zero-order valence-corrected chi connectivity index (χ0v) is 11.9. The number of benzene rings is 2. The molecule has 0 spiro atoms. The summed E-state index contributed by atoms with van der Waals surface area (Å²) in [5.41, 5.74) is 2.77. The van der Waals surface area contributed by atoms with Gasteiger partial charge in [0.1, 0.15) is 0 Å². The molecule has 2 nitrogen and oxygen atoms in total. The van der Waals surface area contributed by atoms with Crippen molar-refractivity contribution >= 4 is 5.69 Å². The predicted molar refractivity (Wildman–Crippen MR) is 85.0 cm³/mol. The van der Waals surface area contributed by atoms with Crippen LogP contribution in [0.3, 0.4) is 0 Å². The first-order valence-corrected chi connectivity index (χ1v) is 7.48. The van der Waals surface area contributed by atoms with Crippen molar-refractivity contribution in [3.63, 3.8) is 0 Å². The molecule has 0 bridgehead atoms.